The lowest BCUT2D eigenvalue weighted by Crippen LogP contribution is -2.17. The quantitative estimate of drug-likeness (QED) is 0.680. The number of pyridine rings is 1. The molecule has 0 unspecified atom stereocenters. The second kappa shape index (κ2) is 8.01. The zero-order valence-electron chi connectivity index (χ0n) is 14.9. The molecule has 136 valence electrons. The Bertz CT molecular complexity index is 1020. The molecule has 0 saturated heterocycles. The SMILES string of the molecule is Cc1ccc(NC(=O)c2cc(C(=O)Nc3ccccc3Cl)ccn2)c(C)c1. The van der Waals surface area contributed by atoms with E-state index in [4.69, 9.17) is 11.6 Å². The number of anilines is 2. The number of benzene rings is 2. The van der Waals surface area contributed by atoms with Crippen molar-refractivity contribution in [3.63, 3.8) is 0 Å². The minimum atomic E-state index is -0.380. The topological polar surface area (TPSA) is 71.1 Å². The molecule has 0 fully saturated rings. The van der Waals surface area contributed by atoms with Crippen molar-refractivity contribution < 1.29 is 9.59 Å². The minimum absolute atomic E-state index is 0.154. The van der Waals surface area contributed by atoms with Gasteiger partial charge in [0.15, 0.2) is 0 Å². The molecule has 2 aromatic carbocycles. The monoisotopic (exact) mass is 379 g/mol. The number of carbonyl (C=O) groups is 2. The predicted molar refractivity (Wildman–Crippen MR) is 108 cm³/mol. The number of para-hydroxylation sites is 1. The van der Waals surface area contributed by atoms with Crippen LogP contribution in [0.25, 0.3) is 0 Å². The largest absolute Gasteiger partial charge is 0.321 e. The zero-order chi connectivity index (χ0) is 19.4. The molecular weight excluding hydrogens is 362 g/mol. The van der Waals surface area contributed by atoms with E-state index in [2.05, 4.69) is 15.6 Å². The van der Waals surface area contributed by atoms with Crippen LogP contribution in [-0.4, -0.2) is 16.8 Å². The molecule has 1 heterocycles. The molecule has 27 heavy (non-hydrogen) atoms. The van der Waals surface area contributed by atoms with Crippen molar-refractivity contribution in [2.45, 2.75) is 13.8 Å². The average Bonchev–Trinajstić information content (AvgIpc) is 2.66. The Morgan fingerprint density at radius 3 is 2.37 bits per heavy atom. The van der Waals surface area contributed by atoms with E-state index < -0.39 is 0 Å². The first-order valence-electron chi connectivity index (χ1n) is 8.34. The predicted octanol–water partition coefficient (Wildman–Crippen LogP) is 4.86. The third-order valence-corrected chi connectivity index (χ3v) is 4.34. The molecule has 2 amide bonds. The van der Waals surface area contributed by atoms with Gasteiger partial charge in [0.25, 0.3) is 11.8 Å². The van der Waals surface area contributed by atoms with Gasteiger partial charge >= 0.3 is 0 Å². The van der Waals surface area contributed by atoms with Crippen LogP contribution in [0.1, 0.15) is 32.0 Å². The molecule has 2 N–H and O–H groups in total. The standard InChI is InChI=1S/C21H18ClN3O2/c1-13-7-8-17(14(2)11-13)24-21(27)19-12-15(9-10-23-19)20(26)25-18-6-4-3-5-16(18)22/h3-12H,1-2H3,(H,24,27)(H,25,26). The average molecular weight is 380 g/mol. The van der Waals surface area contributed by atoms with E-state index in [9.17, 15) is 9.59 Å². The number of aryl methyl sites for hydroxylation is 2. The Labute approximate surface area is 162 Å². The first-order chi connectivity index (χ1) is 12.9. The van der Waals surface area contributed by atoms with Crippen molar-refractivity contribution in [3.8, 4) is 0 Å². The summed E-state index contributed by atoms with van der Waals surface area (Å²) in [5, 5.41) is 5.99. The lowest BCUT2D eigenvalue weighted by molar-refractivity contribution is 0.102. The maximum atomic E-state index is 12.5. The number of nitrogens with zero attached hydrogens (tertiary/aromatic N) is 1. The molecule has 1 aromatic heterocycles. The van der Waals surface area contributed by atoms with Crippen LogP contribution < -0.4 is 10.6 Å². The summed E-state index contributed by atoms with van der Waals surface area (Å²) < 4.78 is 0. The number of rotatable bonds is 4. The summed E-state index contributed by atoms with van der Waals surface area (Å²) in [6, 6.07) is 15.7. The smallest absolute Gasteiger partial charge is 0.274 e. The van der Waals surface area contributed by atoms with E-state index in [-0.39, 0.29) is 17.5 Å². The van der Waals surface area contributed by atoms with Crippen LogP contribution in [0.2, 0.25) is 5.02 Å². The summed E-state index contributed by atoms with van der Waals surface area (Å²) >= 11 is 6.06. The highest BCUT2D eigenvalue weighted by molar-refractivity contribution is 6.33. The minimum Gasteiger partial charge on any atom is -0.321 e. The van der Waals surface area contributed by atoms with E-state index in [1.807, 2.05) is 32.0 Å². The molecule has 0 saturated carbocycles. The summed E-state index contributed by atoms with van der Waals surface area (Å²) in [5.74, 6) is -0.750. The molecule has 6 heteroatoms. The summed E-state index contributed by atoms with van der Waals surface area (Å²) in [6.45, 7) is 3.91. The van der Waals surface area contributed by atoms with Crippen LogP contribution in [0, 0.1) is 13.8 Å². The van der Waals surface area contributed by atoms with Crippen LogP contribution in [0.5, 0.6) is 0 Å². The third-order valence-electron chi connectivity index (χ3n) is 4.01. The fourth-order valence-electron chi connectivity index (χ4n) is 2.59. The molecule has 3 rings (SSSR count). The summed E-state index contributed by atoms with van der Waals surface area (Å²) in [6.07, 6.45) is 1.43. The zero-order valence-corrected chi connectivity index (χ0v) is 15.7. The summed E-state index contributed by atoms with van der Waals surface area (Å²) in [5.41, 5.74) is 3.75. The van der Waals surface area contributed by atoms with E-state index in [0.29, 0.717) is 22.0 Å². The second-order valence-electron chi connectivity index (χ2n) is 6.14. The molecule has 5 nitrogen and oxygen atoms in total. The number of hydrogen-bond donors (Lipinski definition) is 2. The van der Waals surface area contributed by atoms with Gasteiger partial charge in [-0.25, -0.2) is 0 Å². The number of amides is 2. The van der Waals surface area contributed by atoms with Gasteiger partial charge in [0.1, 0.15) is 5.69 Å². The van der Waals surface area contributed by atoms with Gasteiger partial charge in [0.05, 0.1) is 10.7 Å². The van der Waals surface area contributed by atoms with Crippen LogP contribution in [0.4, 0.5) is 11.4 Å². The number of aromatic nitrogens is 1. The lowest BCUT2D eigenvalue weighted by atomic mass is 10.1. The van der Waals surface area contributed by atoms with E-state index >= 15 is 0 Å². The van der Waals surface area contributed by atoms with Gasteiger partial charge in [0.2, 0.25) is 0 Å². The van der Waals surface area contributed by atoms with Crippen LogP contribution in [0.15, 0.2) is 60.8 Å². The molecule has 0 radical (unpaired) electrons. The van der Waals surface area contributed by atoms with Gasteiger partial charge in [0, 0.05) is 17.4 Å². The van der Waals surface area contributed by atoms with Gasteiger partial charge in [-0.1, -0.05) is 41.4 Å². The van der Waals surface area contributed by atoms with Gasteiger partial charge in [-0.3, -0.25) is 14.6 Å². The fraction of sp³-hybridized carbons (Fsp3) is 0.0952. The molecule has 0 aliphatic heterocycles. The normalized spacial score (nSPS) is 10.3. The fourth-order valence-corrected chi connectivity index (χ4v) is 2.78. The van der Waals surface area contributed by atoms with E-state index in [1.165, 1.54) is 12.3 Å². The second-order valence-corrected chi connectivity index (χ2v) is 6.54. The highest BCUT2D eigenvalue weighted by atomic mass is 35.5. The molecule has 0 aliphatic rings. The molecule has 0 spiro atoms. The highest BCUT2D eigenvalue weighted by Gasteiger charge is 2.14. The first kappa shape index (κ1) is 18.6. The summed E-state index contributed by atoms with van der Waals surface area (Å²) in [4.78, 5) is 29.0. The number of carbonyl (C=O) groups excluding carboxylic acids is 2. The third kappa shape index (κ3) is 4.51. The van der Waals surface area contributed by atoms with Crippen LogP contribution >= 0.6 is 11.6 Å². The highest BCUT2D eigenvalue weighted by Crippen LogP contribution is 2.21. The Morgan fingerprint density at radius 1 is 0.889 bits per heavy atom. The van der Waals surface area contributed by atoms with Crippen molar-refractivity contribution in [2.75, 3.05) is 10.6 Å². The Hall–Kier alpha value is -3.18. The first-order valence-corrected chi connectivity index (χ1v) is 8.72. The van der Waals surface area contributed by atoms with Crippen molar-refractivity contribution in [2.24, 2.45) is 0 Å². The number of nitrogens with one attached hydrogen (secondary N) is 2. The maximum absolute atomic E-state index is 12.5. The van der Waals surface area contributed by atoms with Crippen LogP contribution in [0.3, 0.4) is 0 Å². The van der Waals surface area contributed by atoms with Gasteiger partial charge in [-0.15, -0.1) is 0 Å². The number of halogens is 1. The molecule has 0 bridgehead atoms. The van der Waals surface area contributed by atoms with Gasteiger partial charge in [-0.05, 0) is 49.7 Å². The summed E-state index contributed by atoms with van der Waals surface area (Å²) in [7, 11) is 0. The van der Waals surface area contributed by atoms with E-state index in [0.717, 1.165) is 11.1 Å². The Balaban J connectivity index is 1.77. The molecule has 3 aromatic rings. The van der Waals surface area contributed by atoms with E-state index in [1.54, 1.807) is 30.3 Å². The Morgan fingerprint density at radius 2 is 1.63 bits per heavy atom. The molecular formula is C21H18ClN3O2. The van der Waals surface area contributed by atoms with Crippen molar-refractivity contribution in [1.29, 1.82) is 0 Å². The maximum Gasteiger partial charge on any atom is 0.274 e. The van der Waals surface area contributed by atoms with Crippen molar-refractivity contribution >= 4 is 34.8 Å². The van der Waals surface area contributed by atoms with Gasteiger partial charge in [-0.2, -0.15) is 0 Å². The van der Waals surface area contributed by atoms with Crippen LogP contribution in [-0.2, 0) is 0 Å². The van der Waals surface area contributed by atoms with Crippen molar-refractivity contribution in [1.82, 2.24) is 4.98 Å². The molecule has 0 aliphatic carbocycles. The Kier molecular flexibility index (Phi) is 5.52. The van der Waals surface area contributed by atoms with Crippen molar-refractivity contribution in [3.05, 3.63) is 88.2 Å². The molecule has 0 atom stereocenters. The lowest BCUT2D eigenvalue weighted by Gasteiger charge is -2.10. The van der Waals surface area contributed by atoms with Gasteiger partial charge < -0.3 is 10.6 Å². The number of hydrogen-bond acceptors (Lipinski definition) is 3.